The highest BCUT2D eigenvalue weighted by atomic mass is 127. The Morgan fingerprint density at radius 2 is 2.07 bits per heavy atom. The van der Waals surface area contributed by atoms with Crippen molar-refractivity contribution in [1.29, 1.82) is 0 Å². The highest BCUT2D eigenvalue weighted by Gasteiger charge is 2.35. The van der Waals surface area contributed by atoms with Gasteiger partial charge >= 0.3 is 0 Å². The lowest BCUT2D eigenvalue weighted by Crippen LogP contribution is -2.47. The molecule has 0 radical (unpaired) electrons. The fourth-order valence-electron chi connectivity index (χ4n) is 3.47. The number of thiophene rings is 1. The van der Waals surface area contributed by atoms with Gasteiger partial charge in [0.1, 0.15) is 5.60 Å². The highest BCUT2D eigenvalue weighted by molar-refractivity contribution is 14.0. The van der Waals surface area contributed by atoms with Gasteiger partial charge in [-0.15, -0.1) is 24.0 Å². The van der Waals surface area contributed by atoms with Crippen molar-refractivity contribution < 1.29 is 9.84 Å². The summed E-state index contributed by atoms with van der Waals surface area (Å²) in [6.45, 7) is 13.4. The van der Waals surface area contributed by atoms with Crippen LogP contribution in [0.2, 0.25) is 0 Å². The lowest BCUT2D eigenvalue weighted by molar-refractivity contribution is -0.0835. The minimum Gasteiger partial charge on any atom is -0.383 e. The molecule has 1 aliphatic rings. The molecule has 1 fully saturated rings. The Hall–Kier alpha value is -0.380. The normalized spacial score (nSPS) is 23.3. The van der Waals surface area contributed by atoms with E-state index >= 15 is 0 Å². The molecule has 0 amide bonds. The predicted molar refractivity (Wildman–Crippen MR) is 125 cm³/mol. The Bertz CT molecular complexity index is 570. The molecule has 5 nitrogen and oxygen atoms in total. The molecule has 3 atom stereocenters. The van der Waals surface area contributed by atoms with Gasteiger partial charge in [-0.25, -0.2) is 4.99 Å². The van der Waals surface area contributed by atoms with E-state index in [4.69, 9.17) is 4.74 Å². The van der Waals surface area contributed by atoms with Gasteiger partial charge in [0.25, 0.3) is 0 Å². The Labute approximate surface area is 185 Å². The fourth-order valence-corrected chi connectivity index (χ4v) is 4.26. The van der Waals surface area contributed by atoms with E-state index in [1.165, 1.54) is 6.42 Å². The lowest BCUT2D eigenvalue weighted by atomic mass is 9.78. The predicted octanol–water partition coefficient (Wildman–Crippen LogP) is 3.97. The SMILES string of the molecule is CCNC(=NCC(C)(O)c1ccsc1)NCC1CCCOC1C(C)(C)C.I. The molecule has 0 spiro atoms. The Kier molecular flexibility index (Phi) is 10.0. The van der Waals surface area contributed by atoms with E-state index in [-0.39, 0.29) is 35.5 Å². The molecule has 0 aromatic carbocycles. The number of rotatable bonds is 6. The zero-order chi connectivity index (χ0) is 19.2. The van der Waals surface area contributed by atoms with Gasteiger partial charge in [0.05, 0.1) is 12.6 Å². The lowest BCUT2D eigenvalue weighted by Gasteiger charge is -2.40. The highest BCUT2D eigenvalue weighted by Crippen LogP contribution is 2.33. The van der Waals surface area contributed by atoms with Crippen LogP contribution in [-0.4, -0.2) is 43.4 Å². The third-order valence-electron chi connectivity index (χ3n) is 4.86. The summed E-state index contributed by atoms with van der Waals surface area (Å²) in [5.74, 6) is 1.21. The summed E-state index contributed by atoms with van der Waals surface area (Å²) < 4.78 is 6.07. The summed E-state index contributed by atoms with van der Waals surface area (Å²) >= 11 is 1.59. The second-order valence-electron chi connectivity index (χ2n) is 8.42. The Morgan fingerprint density at radius 1 is 1.33 bits per heavy atom. The first-order valence-electron chi connectivity index (χ1n) is 9.63. The summed E-state index contributed by atoms with van der Waals surface area (Å²) in [6.07, 6.45) is 2.53. The second kappa shape index (κ2) is 11.0. The number of halogens is 1. The molecule has 7 heteroatoms. The quantitative estimate of drug-likeness (QED) is 0.309. The number of hydrogen-bond donors (Lipinski definition) is 3. The number of hydrogen-bond acceptors (Lipinski definition) is 4. The first-order valence-corrected chi connectivity index (χ1v) is 10.6. The van der Waals surface area contributed by atoms with Crippen molar-refractivity contribution in [3.63, 3.8) is 0 Å². The largest absolute Gasteiger partial charge is 0.383 e. The molecule has 1 aromatic rings. The number of ether oxygens (including phenoxy) is 1. The molecular weight excluding hydrogens is 473 g/mol. The van der Waals surface area contributed by atoms with E-state index in [0.29, 0.717) is 12.5 Å². The van der Waals surface area contributed by atoms with Crippen molar-refractivity contribution in [1.82, 2.24) is 10.6 Å². The van der Waals surface area contributed by atoms with E-state index in [1.807, 2.05) is 23.8 Å². The third kappa shape index (κ3) is 7.51. The molecule has 0 saturated carbocycles. The van der Waals surface area contributed by atoms with Crippen LogP contribution in [-0.2, 0) is 10.3 Å². The molecular formula is C20H36IN3O2S. The molecule has 1 aromatic heterocycles. The molecule has 0 bridgehead atoms. The van der Waals surface area contributed by atoms with Crippen LogP contribution in [0.1, 0.15) is 53.0 Å². The van der Waals surface area contributed by atoms with E-state index in [1.54, 1.807) is 11.3 Å². The standard InChI is InChI=1S/C20H35N3O2S.HI/c1-6-21-18(23-14-20(5,24)16-9-11-26-13-16)22-12-15-8-7-10-25-17(15)19(2,3)4;/h9,11,13,15,17,24H,6-8,10,12,14H2,1-5H3,(H2,21,22,23);1H. The number of nitrogens with one attached hydrogen (secondary N) is 2. The maximum Gasteiger partial charge on any atom is 0.191 e. The maximum absolute atomic E-state index is 10.7. The van der Waals surface area contributed by atoms with Crippen molar-refractivity contribution in [3.05, 3.63) is 22.4 Å². The topological polar surface area (TPSA) is 65.9 Å². The minimum atomic E-state index is -0.954. The zero-order valence-electron chi connectivity index (χ0n) is 17.2. The van der Waals surface area contributed by atoms with Gasteiger partial charge in [0, 0.05) is 25.6 Å². The van der Waals surface area contributed by atoms with E-state index in [2.05, 4.69) is 43.3 Å². The van der Waals surface area contributed by atoms with E-state index in [9.17, 15) is 5.11 Å². The second-order valence-corrected chi connectivity index (χ2v) is 9.20. The molecule has 1 aliphatic heterocycles. The third-order valence-corrected chi connectivity index (χ3v) is 5.55. The Morgan fingerprint density at radius 3 is 2.67 bits per heavy atom. The van der Waals surface area contributed by atoms with Gasteiger partial charge in [-0.2, -0.15) is 11.3 Å². The smallest absolute Gasteiger partial charge is 0.191 e. The average Bonchev–Trinajstić information content (AvgIpc) is 3.12. The van der Waals surface area contributed by atoms with Crippen molar-refractivity contribution in [2.75, 3.05) is 26.2 Å². The molecule has 2 heterocycles. The van der Waals surface area contributed by atoms with Crippen LogP contribution in [0.4, 0.5) is 0 Å². The van der Waals surface area contributed by atoms with Crippen LogP contribution in [0.25, 0.3) is 0 Å². The van der Waals surface area contributed by atoms with Gasteiger partial charge in [0.2, 0.25) is 0 Å². The van der Waals surface area contributed by atoms with Crippen molar-refractivity contribution in [2.24, 2.45) is 16.3 Å². The number of nitrogens with zero attached hydrogens (tertiary/aromatic N) is 1. The van der Waals surface area contributed by atoms with Crippen molar-refractivity contribution in [2.45, 2.75) is 59.2 Å². The Balaban J connectivity index is 0.00000364. The van der Waals surface area contributed by atoms with Gasteiger partial charge in [-0.05, 0) is 54.5 Å². The van der Waals surface area contributed by atoms with Crippen LogP contribution in [0.5, 0.6) is 0 Å². The zero-order valence-corrected chi connectivity index (χ0v) is 20.4. The fraction of sp³-hybridized carbons (Fsp3) is 0.750. The van der Waals surface area contributed by atoms with Gasteiger partial charge in [-0.1, -0.05) is 20.8 Å². The molecule has 0 aliphatic carbocycles. The molecule has 27 heavy (non-hydrogen) atoms. The number of aliphatic imine (C=N–C) groups is 1. The van der Waals surface area contributed by atoms with Gasteiger partial charge in [0.15, 0.2) is 5.96 Å². The van der Waals surface area contributed by atoms with Gasteiger partial charge in [-0.3, -0.25) is 0 Å². The van der Waals surface area contributed by atoms with Crippen LogP contribution >= 0.6 is 35.3 Å². The van der Waals surface area contributed by atoms with Crippen molar-refractivity contribution >= 4 is 41.3 Å². The van der Waals surface area contributed by atoms with E-state index in [0.717, 1.165) is 37.6 Å². The summed E-state index contributed by atoms with van der Waals surface area (Å²) in [4.78, 5) is 4.62. The van der Waals surface area contributed by atoms with Gasteiger partial charge < -0.3 is 20.5 Å². The molecule has 3 unspecified atom stereocenters. The summed E-state index contributed by atoms with van der Waals surface area (Å²) in [6, 6.07) is 1.95. The number of guanidine groups is 1. The summed E-state index contributed by atoms with van der Waals surface area (Å²) in [7, 11) is 0. The average molecular weight is 509 g/mol. The van der Waals surface area contributed by atoms with Crippen LogP contribution in [0.15, 0.2) is 21.8 Å². The van der Waals surface area contributed by atoms with Crippen LogP contribution < -0.4 is 10.6 Å². The van der Waals surface area contributed by atoms with E-state index < -0.39 is 5.60 Å². The van der Waals surface area contributed by atoms with Crippen molar-refractivity contribution in [3.8, 4) is 0 Å². The maximum atomic E-state index is 10.7. The van der Waals surface area contributed by atoms with Crippen LogP contribution in [0, 0.1) is 11.3 Å². The molecule has 3 N–H and O–H groups in total. The number of aliphatic hydroxyl groups is 1. The molecule has 2 rings (SSSR count). The first-order chi connectivity index (χ1) is 12.2. The summed E-state index contributed by atoms with van der Waals surface area (Å²) in [5.41, 5.74) is 0.0883. The molecule has 1 saturated heterocycles. The minimum absolute atomic E-state index is 0. The summed E-state index contributed by atoms with van der Waals surface area (Å²) in [5, 5.41) is 21.4. The molecule has 156 valence electrons. The first kappa shape index (κ1) is 24.7. The van der Waals surface area contributed by atoms with Crippen LogP contribution in [0.3, 0.4) is 0 Å². The monoisotopic (exact) mass is 509 g/mol.